The van der Waals surface area contributed by atoms with Gasteiger partial charge in [-0.15, -0.1) is 0 Å². The molecule has 0 amide bonds. The van der Waals surface area contributed by atoms with E-state index in [1.165, 1.54) is 18.2 Å². The molecular weight excluding hydrogens is 408 g/mol. The molecule has 1 aromatic heterocycles. The van der Waals surface area contributed by atoms with Gasteiger partial charge in [0.15, 0.2) is 17.3 Å². The fraction of sp³-hybridized carbons (Fsp3) is 0.227. The van der Waals surface area contributed by atoms with Crippen molar-refractivity contribution in [3.05, 3.63) is 63.7 Å². The molecule has 7 nitrogen and oxygen atoms in total. The van der Waals surface area contributed by atoms with Crippen molar-refractivity contribution in [1.29, 1.82) is 0 Å². The molecule has 0 bridgehead atoms. The number of benzene rings is 2. The summed E-state index contributed by atoms with van der Waals surface area (Å²) in [4.78, 5) is 30.5. The molecule has 0 atom stereocenters. The number of aromatic amines is 1. The maximum atomic E-state index is 12.3. The zero-order chi connectivity index (χ0) is 21.7. The number of unbranched alkanes of at least 4 members (excludes halogenated alkanes) is 1. The summed E-state index contributed by atoms with van der Waals surface area (Å²) in [6.45, 7) is 2.69. The Labute approximate surface area is 177 Å². The number of carboxylic acids is 1. The number of rotatable bonds is 8. The first-order valence-electron chi connectivity index (χ1n) is 9.38. The minimum absolute atomic E-state index is 0.0371. The predicted octanol–water partition coefficient (Wildman–Crippen LogP) is 4.55. The second-order valence-electron chi connectivity index (χ2n) is 6.56. The molecule has 0 unspecified atom stereocenters. The quantitative estimate of drug-likeness (QED) is 0.510. The minimum Gasteiger partial charge on any atom is -0.493 e. The number of carboxylic acid groups (broad SMARTS) is 1. The van der Waals surface area contributed by atoms with E-state index in [9.17, 15) is 9.59 Å². The number of fused-ring (bicyclic) bond motifs is 1. The van der Waals surface area contributed by atoms with Crippen LogP contribution in [0, 0.1) is 0 Å². The molecule has 3 rings (SSSR count). The van der Waals surface area contributed by atoms with Crippen LogP contribution in [0.4, 0.5) is 0 Å². The van der Waals surface area contributed by atoms with Gasteiger partial charge in [-0.1, -0.05) is 31.0 Å². The molecule has 0 aliphatic heterocycles. The summed E-state index contributed by atoms with van der Waals surface area (Å²) >= 11 is 6.39. The van der Waals surface area contributed by atoms with E-state index in [0.717, 1.165) is 18.4 Å². The van der Waals surface area contributed by atoms with Gasteiger partial charge in [0.2, 0.25) is 0 Å². The summed E-state index contributed by atoms with van der Waals surface area (Å²) in [5.41, 5.74) is 0.602. The third-order valence-electron chi connectivity index (χ3n) is 4.42. The van der Waals surface area contributed by atoms with Crippen molar-refractivity contribution in [3.63, 3.8) is 0 Å². The first-order valence-corrected chi connectivity index (χ1v) is 9.76. The highest BCUT2D eigenvalue weighted by Gasteiger charge is 2.11. The zero-order valence-electron chi connectivity index (χ0n) is 16.6. The maximum absolute atomic E-state index is 12.3. The van der Waals surface area contributed by atoms with Gasteiger partial charge >= 0.3 is 5.97 Å². The van der Waals surface area contributed by atoms with Crippen LogP contribution in [0.1, 0.15) is 41.5 Å². The van der Waals surface area contributed by atoms with Crippen molar-refractivity contribution in [2.75, 3.05) is 13.7 Å². The molecule has 1 heterocycles. The predicted molar refractivity (Wildman–Crippen MR) is 116 cm³/mol. The lowest BCUT2D eigenvalue weighted by atomic mass is 10.1. The van der Waals surface area contributed by atoms with Crippen LogP contribution in [-0.4, -0.2) is 34.8 Å². The van der Waals surface area contributed by atoms with Gasteiger partial charge in [-0.2, -0.15) is 0 Å². The maximum Gasteiger partial charge on any atom is 0.335 e. The summed E-state index contributed by atoms with van der Waals surface area (Å²) in [5.74, 6) is 0.238. The first-order chi connectivity index (χ1) is 14.4. The first kappa shape index (κ1) is 21.4. The second kappa shape index (κ2) is 9.45. The van der Waals surface area contributed by atoms with Crippen molar-refractivity contribution in [2.24, 2.45) is 0 Å². The summed E-state index contributed by atoms with van der Waals surface area (Å²) < 4.78 is 11.1. The van der Waals surface area contributed by atoms with Crippen LogP contribution in [0.15, 0.2) is 41.2 Å². The normalized spacial score (nSPS) is 11.5. The zero-order valence-corrected chi connectivity index (χ0v) is 17.3. The largest absolute Gasteiger partial charge is 0.493 e. The number of hydrogen-bond donors (Lipinski definition) is 2. The Bertz CT molecular complexity index is 1170. The molecule has 0 saturated carbocycles. The molecule has 0 aliphatic carbocycles. The lowest BCUT2D eigenvalue weighted by Gasteiger charge is -2.11. The van der Waals surface area contributed by atoms with Gasteiger partial charge in [0.1, 0.15) is 0 Å². The van der Waals surface area contributed by atoms with E-state index in [-0.39, 0.29) is 27.3 Å². The summed E-state index contributed by atoms with van der Waals surface area (Å²) in [5, 5.41) is 9.63. The highest BCUT2D eigenvalue weighted by molar-refractivity contribution is 6.50. The standard InChI is InChI=1S/C22H21ClN2O5/c1-3-4-9-30-18-8-5-13(11-19(18)29-2)10-16(23)20-24-17-12-14(22(27)28)6-7-15(17)21(26)25-20/h5-8,10-12H,3-4,9H2,1-2H3,(H,27,28)(H,24,25,26)/b16-10-. The average Bonchev–Trinajstić information content (AvgIpc) is 2.74. The van der Waals surface area contributed by atoms with Crippen LogP contribution in [0.25, 0.3) is 22.0 Å². The van der Waals surface area contributed by atoms with Gasteiger partial charge < -0.3 is 19.6 Å². The van der Waals surface area contributed by atoms with Crippen LogP contribution in [0.3, 0.4) is 0 Å². The van der Waals surface area contributed by atoms with Crippen LogP contribution in [0.5, 0.6) is 11.5 Å². The summed E-state index contributed by atoms with van der Waals surface area (Å²) in [7, 11) is 1.56. The van der Waals surface area contributed by atoms with Crippen molar-refractivity contribution in [3.8, 4) is 11.5 Å². The Morgan fingerprint density at radius 1 is 1.23 bits per heavy atom. The molecule has 3 aromatic rings. The van der Waals surface area contributed by atoms with E-state index in [1.54, 1.807) is 25.3 Å². The molecular formula is C22H21ClN2O5. The number of aromatic nitrogens is 2. The molecule has 0 fully saturated rings. The smallest absolute Gasteiger partial charge is 0.335 e. The molecule has 8 heteroatoms. The van der Waals surface area contributed by atoms with Gasteiger partial charge in [-0.3, -0.25) is 4.79 Å². The summed E-state index contributed by atoms with van der Waals surface area (Å²) in [6.07, 6.45) is 3.61. The molecule has 0 radical (unpaired) electrons. The van der Waals surface area contributed by atoms with Crippen molar-refractivity contribution in [2.45, 2.75) is 19.8 Å². The SMILES string of the molecule is CCCCOc1ccc(/C=C(\Cl)c2nc3cc(C(=O)O)ccc3c(=O)[nH]2)cc1OC. The number of nitrogens with zero attached hydrogens (tertiary/aromatic N) is 1. The van der Waals surface area contributed by atoms with E-state index in [1.807, 2.05) is 6.07 Å². The third-order valence-corrected chi connectivity index (χ3v) is 4.70. The Hall–Kier alpha value is -3.32. The van der Waals surface area contributed by atoms with Gasteiger partial charge in [0, 0.05) is 0 Å². The van der Waals surface area contributed by atoms with Gasteiger partial charge in [-0.25, -0.2) is 9.78 Å². The summed E-state index contributed by atoms with van der Waals surface area (Å²) in [6, 6.07) is 9.49. The molecule has 0 saturated heterocycles. The van der Waals surface area contributed by atoms with E-state index in [4.69, 9.17) is 26.2 Å². The number of nitrogens with one attached hydrogen (secondary N) is 1. The van der Waals surface area contributed by atoms with E-state index in [0.29, 0.717) is 18.1 Å². The minimum atomic E-state index is -1.10. The Morgan fingerprint density at radius 2 is 2.03 bits per heavy atom. The highest BCUT2D eigenvalue weighted by Crippen LogP contribution is 2.30. The second-order valence-corrected chi connectivity index (χ2v) is 6.96. The topological polar surface area (TPSA) is 102 Å². The Balaban J connectivity index is 1.95. The number of methoxy groups -OCH3 is 1. The molecule has 2 N–H and O–H groups in total. The van der Waals surface area contributed by atoms with E-state index >= 15 is 0 Å². The fourth-order valence-electron chi connectivity index (χ4n) is 2.82. The van der Waals surface area contributed by atoms with Crippen LogP contribution < -0.4 is 15.0 Å². The van der Waals surface area contributed by atoms with Crippen molar-refractivity contribution >= 4 is 39.6 Å². The Kier molecular flexibility index (Phi) is 6.74. The lowest BCUT2D eigenvalue weighted by molar-refractivity contribution is 0.0697. The number of carbonyl (C=O) groups is 1. The van der Waals surface area contributed by atoms with Crippen LogP contribution in [-0.2, 0) is 0 Å². The molecule has 156 valence electrons. The van der Waals surface area contributed by atoms with Gasteiger partial charge in [0.25, 0.3) is 5.56 Å². The number of H-pyrrole nitrogens is 1. The Morgan fingerprint density at radius 3 is 2.73 bits per heavy atom. The van der Waals surface area contributed by atoms with Crippen molar-refractivity contribution < 1.29 is 19.4 Å². The van der Waals surface area contributed by atoms with Crippen LogP contribution in [0.2, 0.25) is 0 Å². The molecule has 30 heavy (non-hydrogen) atoms. The number of halogens is 1. The third kappa shape index (κ3) is 4.80. The van der Waals surface area contributed by atoms with E-state index < -0.39 is 11.5 Å². The highest BCUT2D eigenvalue weighted by atomic mass is 35.5. The fourth-order valence-corrected chi connectivity index (χ4v) is 3.04. The lowest BCUT2D eigenvalue weighted by Crippen LogP contribution is -2.11. The van der Waals surface area contributed by atoms with Crippen LogP contribution >= 0.6 is 11.6 Å². The van der Waals surface area contributed by atoms with Gasteiger partial charge in [-0.05, 0) is 48.4 Å². The number of hydrogen-bond acceptors (Lipinski definition) is 5. The molecule has 2 aromatic carbocycles. The van der Waals surface area contributed by atoms with Crippen molar-refractivity contribution in [1.82, 2.24) is 9.97 Å². The monoisotopic (exact) mass is 428 g/mol. The molecule has 0 spiro atoms. The van der Waals surface area contributed by atoms with E-state index in [2.05, 4.69) is 16.9 Å². The molecule has 0 aliphatic rings. The van der Waals surface area contributed by atoms with Gasteiger partial charge in [0.05, 0.1) is 35.2 Å². The average molecular weight is 429 g/mol. The number of aromatic carboxylic acids is 1. The number of ether oxygens (including phenoxy) is 2.